The zero-order chi connectivity index (χ0) is 9.68. The van der Waals surface area contributed by atoms with E-state index >= 15 is 0 Å². The minimum Gasteiger partial charge on any atom is -0.387 e. The third-order valence-corrected chi connectivity index (χ3v) is 2.57. The summed E-state index contributed by atoms with van der Waals surface area (Å²) in [5.41, 5.74) is 0.777. The lowest BCUT2D eigenvalue weighted by Crippen LogP contribution is -1.97. The predicted octanol–water partition coefficient (Wildman–Crippen LogP) is 2.29. The monoisotopic (exact) mass is 195 g/mol. The van der Waals surface area contributed by atoms with Crippen LogP contribution in [0.5, 0.6) is 0 Å². The third-order valence-electron chi connectivity index (χ3n) is 1.78. The van der Waals surface area contributed by atoms with Crippen LogP contribution >= 0.6 is 11.3 Å². The summed E-state index contributed by atoms with van der Waals surface area (Å²) in [5, 5.41) is 12.5. The topological polar surface area (TPSA) is 33.1 Å². The lowest BCUT2D eigenvalue weighted by atomic mass is 10.1. The normalized spacial score (nSPS) is 12.4. The maximum atomic E-state index is 9.64. The Morgan fingerprint density at radius 2 is 2.54 bits per heavy atom. The molecule has 0 amide bonds. The van der Waals surface area contributed by atoms with E-state index in [4.69, 9.17) is 6.42 Å². The lowest BCUT2D eigenvalue weighted by molar-refractivity contribution is 0.161. The van der Waals surface area contributed by atoms with E-state index in [1.807, 2.05) is 12.3 Å². The van der Waals surface area contributed by atoms with E-state index in [0.717, 1.165) is 23.5 Å². The molecule has 0 saturated carbocycles. The second-order valence-electron chi connectivity index (χ2n) is 2.90. The number of rotatable bonds is 4. The van der Waals surface area contributed by atoms with Gasteiger partial charge in [0, 0.05) is 11.8 Å². The Hall–Kier alpha value is -0.850. The molecule has 2 nitrogen and oxygen atoms in total. The zero-order valence-corrected chi connectivity index (χ0v) is 8.47. The molecule has 0 aliphatic rings. The summed E-state index contributed by atoms with van der Waals surface area (Å²) in [7, 11) is 0. The number of aliphatic hydroxyl groups excluding tert-OH is 1. The van der Waals surface area contributed by atoms with Gasteiger partial charge < -0.3 is 5.11 Å². The van der Waals surface area contributed by atoms with E-state index in [9.17, 15) is 5.11 Å². The number of aliphatic hydroxyl groups is 1. The molecule has 0 spiro atoms. The van der Waals surface area contributed by atoms with Crippen LogP contribution in [0.25, 0.3) is 0 Å². The highest BCUT2D eigenvalue weighted by Gasteiger charge is 2.09. The number of terminal acetylenes is 1. The maximum absolute atomic E-state index is 9.64. The number of thiazole rings is 1. The van der Waals surface area contributed by atoms with Crippen LogP contribution < -0.4 is 0 Å². The van der Waals surface area contributed by atoms with Gasteiger partial charge in [-0.25, -0.2) is 4.98 Å². The van der Waals surface area contributed by atoms with Crippen molar-refractivity contribution < 1.29 is 5.11 Å². The Kier molecular flexibility index (Phi) is 3.94. The van der Waals surface area contributed by atoms with Gasteiger partial charge in [-0.15, -0.1) is 23.7 Å². The highest BCUT2D eigenvalue weighted by atomic mass is 32.1. The second kappa shape index (κ2) is 5.00. The van der Waals surface area contributed by atoms with Gasteiger partial charge in [0.05, 0.1) is 16.8 Å². The Morgan fingerprint density at radius 3 is 3.08 bits per heavy atom. The van der Waals surface area contributed by atoms with Gasteiger partial charge in [-0.3, -0.25) is 0 Å². The minimum atomic E-state index is -0.446. The molecule has 0 aliphatic heterocycles. The van der Waals surface area contributed by atoms with Gasteiger partial charge in [0.25, 0.3) is 0 Å². The van der Waals surface area contributed by atoms with Gasteiger partial charge >= 0.3 is 0 Å². The van der Waals surface area contributed by atoms with Crippen molar-refractivity contribution in [1.29, 1.82) is 0 Å². The molecule has 1 rings (SSSR count). The van der Waals surface area contributed by atoms with E-state index in [1.165, 1.54) is 0 Å². The quantitative estimate of drug-likeness (QED) is 0.590. The largest absolute Gasteiger partial charge is 0.387 e. The molecule has 1 aromatic rings. The van der Waals surface area contributed by atoms with Crippen molar-refractivity contribution in [3.63, 3.8) is 0 Å². The Balaban J connectivity index is 2.40. The summed E-state index contributed by atoms with van der Waals surface area (Å²) in [6.07, 6.45) is 6.95. The first-order valence-electron chi connectivity index (χ1n) is 4.27. The van der Waals surface area contributed by atoms with Crippen molar-refractivity contribution in [1.82, 2.24) is 4.98 Å². The summed E-state index contributed by atoms with van der Waals surface area (Å²) in [5.74, 6) is 2.55. The fraction of sp³-hybridized carbons (Fsp3) is 0.500. The third kappa shape index (κ3) is 3.17. The average molecular weight is 195 g/mol. The molecular weight excluding hydrogens is 182 g/mol. The van der Waals surface area contributed by atoms with Crippen molar-refractivity contribution in [3.8, 4) is 12.3 Å². The van der Waals surface area contributed by atoms with Crippen LogP contribution in [0.2, 0.25) is 0 Å². The van der Waals surface area contributed by atoms with Gasteiger partial charge in [-0.1, -0.05) is 0 Å². The summed E-state index contributed by atoms with van der Waals surface area (Å²) < 4.78 is 0. The van der Waals surface area contributed by atoms with Gasteiger partial charge in [0.1, 0.15) is 0 Å². The fourth-order valence-corrected chi connectivity index (χ4v) is 1.74. The summed E-state index contributed by atoms with van der Waals surface area (Å²) in [4.78, 5) is 4.21. The van der Waals surface area contributed by atoms with E-state index in [1.54, 1.807) is 11.3 Å². The van der Waals surface area contributed by atoms with E-state index < -0.39 is 6.10 Å². The highest BCUT2D eigenvalue weighted by molar-refractivity contribution is 7.09. The van der Waals surface area contributed by atoms with Crippen LogP contribution in [0.4, 0.5) is 0 Å². The molecule has 1 N–H and O–H groups in total. The maximum Gasteiger partial charge on any atom is 0.0968 e. The second-order valence-corrected chi connectivity index (χ2v) is 3.97. The van der Waals surface area contributed by atoms with Crippen molar-refractivity contribution in [2.24, 2.45) is 0 Å². The van der Waals surface area contributed by atoms with Crippen molar-refractivity contribution >= 4 is 11.3 Å². The smallest absolute Gasteiger partial charge is 0.0968 e. The summed E-state index contributed by atoms with van der Waals surface area (Å²) >= 11 is 1.56. The standard InChI is InChI=1S/C10H13NOS/c1-3-4-5-6-10(12)9-7-13-8(2)11-9/h1,7,10,12H,4-6H2,2H3. The van der Waals surface area contributed by atoms with Gasteiger partial charge in [-0.2, -0.15) is 0 Å². The molecule has 0 fully saturated rings. The summed E-state index contributed by atoms with van der Waals surface area (Å²) in [6.45, 7) is 1.93. The van der Waals surface area contributed by atoms with Gasteiger partial charge in [-0.05, 0) is 19.8 Å². The van der Waals surface area contributed by atoms with Crippen LogP contribution in [-0.4, -0.2) is 10.1 Å². The molecule has 1 heterocycles. The Labute approximate surface area is 82.6 Å². The van der Waals surface area contributed by atoms with E-state index in [-0.39, 0.29) is 0 Å². The van der Waals surface area contributed by atoms with Crippen LogP contribution in [0.1, 0.15) is 36.1 Å². The number of unbranched alkanes of at least 4 members (excludes halogenated alkanes) is 1. The number of hydrogen-bond donors (Lipinski definition) is 1. The lowest BCUT2D eigenvalue weighted by Gasteiger charge is -2.05. The number of hydrogen-bond acceptors (Lipinski definition) is 3. The molecular formula is C10H13NOS. The number of aromatic nitrogens is 1. The minimum absolute atomic E-state index is 0.446. The van der Waals surface area contributed by atoms with Gasteiger partial charge in [0.2, 0.25) is 0 Å². The molecule has 3 heteroatoms. The SMILES string of the molecule is C#CCCCC(O)c1csc(C)n1. The Bertz CT molecular complexity index is 300. The van der Waals surface area contributed by atoms with E-state index in [0.29, 0.717) is 6.42 Å². The average Bonchev–Trinajstić information content (AvgIpc) is 2.52. The van der Waals surface area contributed by atoms with Crippen molar-refractivity contribution in [3.05, 3.63) is 16.1 Å². The summed E-state index contributed by atoms with van der Waals surface area (Å²) in [6, 6.07) is 0. The fourth-order valence-electron chi connectivity index (χ4n) is 1.08. The molecule has 0 bridgehead atoms. The van der Waals surface area contributed by atoms with Crippen LogP contribution in [-0.2, 0) is 0 Å². The van der Waals surface area contributed by atoms with Gasteiger partial charge in [0.15, 0.2) is 0 Å². The van der Waals surface area contributed by atoms with Crippen LogP contribution in [0.15, 0.2) is 5.38 Å². The first-order valence-corrected chi connectivity index (χ1v) is 5.15. The van der Waals surface area contributed by atoms with Crippen LogP contribution in [0.3, 0.4) is 0 Å². The number of nitrogens with zero attached hydrogens (tertiary/aromatic N) is 1. The molecule has 13 heavy (non-hydrogen) atoms. The van der Waals surface area contributed by atoms with Crippen LogP contribution in [0, 0.1) is 19.3 Å². The molecule has 0 aliphatic carbocycles. The highest BCUT2D eigenvalue weighted by Crippen LogP contribution is 2.20. The number of aryl methyl sites for hydroxylation is 1. The molecule has 1 atom stereocenters. The molecule has 0 aromatic carbocycles. The van der Waals surface area contributed by atoms with Crippen molar-refractivity contribution in [2.45, 2.75) is 32.3 Å². The first-order chi connectivity index (χ1) is 6.24. The molecule has 0 saturated heterocycles. The zero-order valence-electron chi connectivity index (χ0n) is 7.66. The molecule has 0 radical (unpaired) electrons. The molecule has 1 aromatic heterocycles. The first kappa shape index (κ1) is 10.2. The predicted molar refractivity (Wildman–Crippen MR) is 54.5 cm³/mol. The van der Waals surface area contributed by atoms with E-state index in [2.05, 4.69) is 10.9 Å². The molecule has 70 valence electrons. The Morgan fingerprint density at radius 1 is 1.77 bits per heavy atom. The van der Waals surface area contributed by atoms with Crippen molar-refractivity contribution in [2.75, 3.05) is 0 Å². The molecule has 1 unspecified atom stereocenters.